The average molecular weight is 257 g/mol. The highest BCUT2D eigenvalue weighted by Gasteiger charge is 2.26. The minimum Gasteiger partial charge on any atom is -0.325 e. The fourth-order valence-electron chi connectivity index (χ4n) is 1.59. The number of nitrogens with zero attached hydrogens (tertiary/aromatic N) is 1. The number of rotatable bonds is 3. The van der Waals surface area contributed by atoms with Crippen molar-refractivity contribution in [3.8, 4) is 0 Å². The average Bonchev–Trinajstić information content (AvgIpc) is 2.64. The summed E-state index contributed by atoms with van der Waals surface area (Å²) < 4.78 is 26.6. The van der Waals surface area contributed by atoms with Crippen molar-refractivity contribution in [2.24, 2.45) is 0 Å². The molecule has 1 fully saturated rings. The second kappa shape index (κ2) is 4.83. The van der Waals surface area contributed by atoms with Gasteiger partial charge in [-0.1, -0.05) is 17.8 Å². The van der Waals surface area contributed by atoms with E-state index in [-0.39, 0.29) is 11.8 Å². The van der Waals surface area contributed by atoms with Crippen LogP contribution in [0.1, 0.15) is 10.4 Å². The van der Waals surface area contributed by atoms with Crippen molar-refractivity contribution >= 4 is 22.8 Å². The Morgan fingerprint density at radius 2 is 2.00 bits per heavy atom. The molecule has 1 aliphatic heterocycles. The number of amides is 1. The Labute approximate surface area is 101 Å². The summed E-state index contributed by atoms with van der Waals surface area (Å²) in [7, 11) is 0. The van der Waals surface area contributed by atoms with Crippen LogP contribution in [0.2, 0.25) is 0 Å². The number of hydrogen-bond donors (Lipinski definition) is 0. The maximum absolute atomic E-state index is 13.3. The number of carbonyl (C=O) groups is 2. The summed E-state index contributed by atoms with van der Waals surface area (Å²) in [4.78, 5) is 24.3. The monoisotopic (exact) mass is 257 g/mol. The molecule has 0 N–H and O–H groups in total. The zero-order valence-electron chi connectivity index (χ0n) is 8.78. The molecule has 0 atom stereocenters. The van der Waals surface area contributed by atoms with Gasteiger partial charge in [-0.2, -0.15) is 0 Å². The van der Waals surface area contributed by atoms with E-state index in [4.69, 9.17) is 0 Å². The molecular formula is C11H9F2NO2S. The van der Waals surface area contributed by atoms with Gasteiger partial charge < -0.3 is 4.90 Å². The van der Waals surface area contributed by atoms with Gasteiger partial charge in [0, 0.05) is 12.3 Å². The van der Waals surface area contributed by atoms with E-state index >= 15 is 0 Å². The van der Waals surface area contributed by atoms with Crippen LogP contribution in [0.25, 0.3) is 0 Å². The summed E-state index contributed by atoms with van der Waals surface area (Å²) in [6.07, 6.45) is 0. The molecule has 0 unspecified atom stereocenters. The number of halogens is 2. The number of hydrogen-bond acceptors (Lipinski definition) is 3. The van der Waals surface area contributed by atoms with Crippen molar-refractivity contribution in [3.63, 3.8) is 0 Å². The van der Waals surface area contributed by atoms with E-state index in [0.717, 1.165) is 23.9 Å². The lowest BCUT2D eigenvalue weighted by atomic mass is 10.1. The first-order valence-corrected chi connectivity index (χ1v) is 5.97. The van der Waals surface area contributed by atoms with Gasteiger partial charge >= 0.3 is 0 Å². The molecular weight excluding hydrogens is 248 g/mol. The van der Waals surface area contributed by atoms with Crippen LogP contribution in [-0.4, -0.2) is 34.8 Å². The van der Waals surface area contributed by atoms with E-state index in [0.29, 0.717) is 12.3 Å². The van der Waals surface area contributed by atoms with Gasteiger partial charge in [0.25, 0.3) is 5.24 Å². The molecule has 6 heteroatoms. The molecule has 0 radical (unpaired) electrons. The standard InChI is InChI=1S/C11H9F2NO2S/c12-7-2-1-3-8(13)10(7)9(15)6-14-4-5-17-11(14)16/h1-3H,4-6H2. The van der Waals surface area contributed by atoms with E-state index < -0.39 is 23.0 Å². The lowest BCUT2D eigenvalue weighted by Crippen LogP contribution is -2.30. The smallest absolute Gasteiger partial charge is 0.282 e. The molecule has 17 heavy (non-hydrogen) atoms. The van der Waals surface area contributed by atoms with Gasteiger partial charge in [-0.25, -0.2) is 8.78 Å². The van der Waals surface area contributed by atoms with Gasteiger partial charge in [0.2, 0.25) is 0 Å². The summed E-state index contributed by atoms with van der Waals surface area (Å²) in [5.41, 5.74) is -0.572. The molecule has 1 aromatic rings. The topological polar surface area (TPSA) is 37.4 Å². The molecule has 0 spiro atoms. The maximum Gasteiger partial charge on any atom is 0.282 e. The summed E-state index contributed by atoms with van der Waals surface area (Å²) in [5.74, 6) is -1.90. The van der Waals surface area contributed by atoms with Crippen molar-refractivity contribution in [3.05, 3.63) is 35.4 Å². The first-order chi connectivity index (χ1) is 8.09. The van der Waals surface area contributed by atoms with Gasteiger partial charge in [0.15, 0.2) is 5.78 Å². The van der Waals surface area contributed by atoms with Crippen molar-refractivity contribution < 1.29 is 18.4 Å². The normalized spacial score (nSPS) is 15.4. The second-order valence-electron chi connectivity index (χ2n) is 3.56. The quantitative estimate of drug-likeness (QED) is 0.780. The van der Waals surface area contributed by atoms with Crippen LogP contribution < -0.4 is 0 Å². The fraction of sp³-hybridized carbons (Fsp3) is 0.273. The van der Waals surface area contributed by atoms with Crippen LogP contribution in [-0.2, 0) is 0 Å². The molecule has 0 aliphatic carbocycles. The van der Waals surface area contributed by atoms with Crippen molar-refractivity contribution in [1.82, 2.24) is 4.90 Å². The predicted octanol–water partition coefficient (Wildman–Crippen LogP) is 2.32. The molecule has 0 bridgehead atoms. The van der Waals surface area contributed by atoms with Crippen LogP contribution in [0, 0.1) is 11.6 Å². The van der Waals surface area contributed by atoms with Crippen LogP contribution in [0.5, 0.6) is 0 Å². The summed E-state index contributed by atoms with van der Waals surface area (Å²) >= 11 is 1.10. The zero-order valence-corrected chi connectivity index (χ0v) is 9.60. The van der Waals surface area contributed by atoms with E-state index in [1.165, 1.54) is 11.0 Å². The maximum atomic E-state index is 13.3. The largest absolute Gasteiger partial charge is 0.325 e. The van der Waals surface area contributed by atoms with Crippen molar-refractivity contribution in [2.45, 2.75) is 0 Å². The van der Waals surface area contributed by atoms with E-state index in [2.05, 4.69) is 0 Å². The summed E-state index contributed by atoms with van der Waals surface area (Å²) in [6, 6.07) is 3.24. The molecule has 1 saturated heterocycles. The van der Waals surface area contributed by atoms with Crippen molar-refractivity contribution in [1.29, 1.82) is 0 Å². The number of carbonyl (C=O) groups excluding carboxylic acids is 2. The molecule has 1 heterocycles. The minimum atomic E-state index is -0.894. The van der Waals surface area contributed by atoms with Crippen LogP contribution in [0.3, 0.4) is 0 Å². The van der Waals surface area contributed by atoms with Crippen LogP contribution in [0.4, 0.5) is 13.6 Å². The van der Waals surface area contributed by atoms with Crippen molar-refractivity contribution in [2.75, 3.05) is 18.8 Å². The molecule has 0 aromatic heterocycles. The van der Waals surface area contributed by atoms with Gasteiger partial charge in [-0.15, -0.1) is 0 Å². The number of thioether (sulfide) groups is 1. The Morgan fingerprint density at radius 3 is 2.53 bits per heavy atom. The van der Waals surface area contributed by atoms with Crippen LogP contribution in [0.15, 0.2) is 18.2 Å². The van der Waals surface area contributed by atoms with Gasteiger partial charge in [0.1, 0.15) is 11.6 Å². The first kappa shape index (κ1) is 12.0. The third-order valence-electron chi connectivity index (χ3n) is 2.42. The molecule has 1 amide bonds. The Hall–Kier alpha value is -1.43. The molecule has 1 aromatic carbocycles. The number of benzene rings is 1. The number of ketones is 1. The van der Waals surface area contributed by atoms with E-state index in [1.807, 2.05) is 0 Å². The lowest BCUT2D eigenvalue weighted by molar-refractivity contribution is 0.0947. The Kier molecular flexibility index (Phi) is 3.42. The zero-order chi connectivity index (χ0) is 12.4. The van der Waals surface area contributed by atoms with E-state index in [1.54, 1.807) is 0 Å². The highest BCUT2D eigenvalue weighted by atomic mass is 32.2. The third kappa shape index (κ3) is 2.46. The van der Waals surface area contributed by atoms with Crippen LogP contribution >= 0.6 is 11.8 Å². The minimum absolute atomic E-state index is 0.227. The third-order valence-corrected chi connectivity index (χ3v) is 3.31. The Morgan fingerprint density at radius 1 is 1.35 bits per heavy atom. The lowest BCUT2D eigenvalue weighted by Gasteiger charge is -2.13. The predicted molar refractivity (Wildman–Crippen MR) is 60.1 cm³/mol. The van der Waals surface area contributed by atoms with E-state index in [9.17, 15) is 18.4 Å². The first-order valence-electron chi connectivity index (χ1n) is 4.98. The van der Waals surface area contributed by atoms with Gasteiger partial charge in [-0.05, 0) is 12.1 Å². The molecule has 2 rings (SSSR count). The number of Topliss-reactive ketones (excluding diaryl/α,β-unsaturated/α-hetero) is 1. The SMILES string of the molecule is O=C(CN1CCSC1=O)c1c(F)cccc1F. The Balaban J connectivity index is 2.17. The van der Waals surface area contributed by atoms with Gasteiger partial charge in [0.05, 0.1) is 12.1 Å². The fourth-order valence-corrected chi connectivity index (χ4v) is 2.41. The summed E-state index contributed by atoms with van der Waals surface area (Å²) in [5, 5.41) is -0.227. The highest BCUT2D eigenvalue weighted by Crippen LogP contribution is 2.19. The highest BCUT2D eigenvalue weighted by molar-refractivity contribution is 8.13. The molecule has 1 aliphatic rings. The molecule has 90 valence electrons. The second-order valence-corrected chi connectivity index (χ2v) is 4.60. The molecule has 3 nitrogen and oxygen atoms in total. The van der Waals surface area contributed by atoms with Gasteiger partial charge in [-0.3, -0.25) is 9.59 Å². The Bertz CT molecular complexity index is 458. The summed E-state index contributed by atoms with van der Waals surface area (Å²) in [6.45, 7) is 0.162. The molecule has 0 saturated carbocycles.